The number of aliphatic hydroxyl groups is 1. The van der Waals surface area contributed by atoms with Gasteiger partial charge in [-0.1, -0.05) is 0 Å². The smallest absolute Gasteiger partial charge is 0.305 e. The maximum absolute atomic E-state index is 12.3. The third-order valence-corrected chi connectivity index (χ3v) is 3.94. The number of aliphatic carboxylic acids is 1. The molecule has 0 aliphatic rings. The summed E-state index contributed by atoms with van der Waals surface area (Å²) >= 11 is 0. The third-order valence-electron chi connectivity index (χ3n) is 3.94. The molecular weight excluding hydrogens is 444 g/mol. The highest BCUT2D eigenvalue weighted by Crippen LogP contribution is 1.99. The second-order valence-electron chi connectivity index (χ2n) is 6.78. The van der Waals surface area contributed by atoms with Gasteiger partial charge in [0.1, 0.15) is 18.1 Å². The number of guanidine groups is 1. The van der Waals surface area contributed by atoms with Crippen LogP contribution >= 0.6 is 0 Å². The molecule has 0 rings (SSSR count). The first-order chi connectivity index (χ1) is 15.4. The highest BCUT2D eigenvalue weighted by Gasteiger charge is 2.28. The zero-order valence-electron chi connectivity index (χ0n) is 18.0. The highest BCUT2D eigenvalue weighted by atomic mass is 16.4. The number of hydrogen-bond acceptors (Lipinski definition) is 8. The van der Waals surface area contributed by atoms with Crippen molar-refractivity contribution in [2.75, 3.05) is 19.7 Å². The summed E-state index contributed by atoms with van der Waals surface area (Å²) < 4.78 is 0. The third kappa shape index (κ3) is 13.1. The molecule has 16 nitrogen and oxygen atoms in total. The van der Waals surface area contributed by atoms with E-state index in [1.54, 1.807) is 0 Å². The van der Waals surface area contributed by atoms with Gasteiger partial charge in [-0.05, 0) is 12.8 Å². The molecular formula is C17H30N8O8. The van der Waals surface area contributed by atoms with Crippen molar-refractivity contribution in [3.63, 3.8) is 0 Å². The summed E-state index contributed by atoms with van der Waals surface area (Å²) in [4.78, 5) is 73.9. The first kappa shape index (κ1) is 29.0. The van der Waals surface area contributed by atoms with Crippen molar-refractivity contribution >= 4 is 41.5 Å². The molecule has 0 heterocycles. The largest absolute Gasteiger partial charge is 0.481 e. The van der Waals surface area contributed by atoms with Crippen LogP contribution in [0.4, 0.5) is 0 Å². The summed E-state index contributed by atoms with van der Waals surface area (Å²) in [7, 11) is 0. The predicted molar refractivity (Wildman–Crippen MR) is 113 cm³/mol. The Kier molecular flexibility index (Phi) is 13.2. The molecule has 16 heteroatoms. The lowest BCUT2D eigenvalue weighted by atomic mass is 10.1. The lowest BCUT2D eigenvalue weighted by molar-refractivity contribution is -0.141. The van der Waals surface area contributed by atoms with Gasteiger partial charge in [0, 0.05) is 13.5 Å². The molecule has 0 aliphatic carbocycles. The van der Waals surface area contributed by atoms with Gasteiger partial charge >= 0.3 is 5.97 Å². The quantitative estimate of drug-likeness (QED) is 0.0616. The lowest BCUT2D eigenvalue weighted by Gasteiger charge is -2.20. The molecule has 3 atom stereocenters. The fourth-order valence-electron chi connectivity index (χ4n) is 2.42. The molecule has 0 fully saturated rings. The summed E-state index contributed by atoms with van der Waals surface area (Å²) in [6.07, 6.45) is -0.347. The van der Waals surface area contributed by atoms with E-state index in [0.717, 1.165) is 0 Å². The molecule has 12 N–H and O–H groups in total. The van der Waals surface area contributed by atoms with Crippen LogP contribution in [0.2, 0.25) is 0 Å². The molecule has 5 amide bonds. The molecule has 0 aliphatic heterocycles. The topological polar surface area (TPSA) is 281 Å². The maximum Gasteiger partial charge on any atom is 0.305 e. The van der Waals surface area contributed by atoms with Gasteiger partial charge in [0.05, 0.1) is 19.6 Å². The Morgan fingerprint density at radius 2 is 1.55 bits per heavy atom. The summed E-state index contributed by atoms with van der Waals surface area (Å²) in [5.74, 6) is -5.84. The summed E-state index contributed by atoms with van der Waals surface area (Å²) in [6.45, 7) is -0.0772. The zero-order chi connectivity index (χ0) is 25.6. The lowest BCUT2D eigenvalue weighted by Crippen LogP contribution is -2.56. The predicted octanol–water partition coefficient (Wildman–Crippen LogP) is -5.42. The van der Waals surface area contributed by atoms with Crippen molar-refractivity contribution in [1.29, 1.82) is 0 Å². The zero-order valence-corrected chi connectivity index (χ0v) is 18.0. The van der Waals surface area contributed by atoms with Crippen LogP contribution < -0.4 is 38.5 Å². The number of hydrogen-bond donors (Lipinski definition) is 9. The first-order valence-electron chi connectivity index (χ1n) is 9.69. The van der Waals surface area contributed by atoms with E-state index in [0.29, 0.717) is 6.42 Å². The Hall–Kier alpha value is -3.95. The van der Waals surface area contributed by atoms with Gasteiger partial charge in [-0.3, -0.25) is 33.8 Å². The SMILES string of the molecule is CC(=O)N[C@@H](CCCN=C(N)N)C(=O)NCC(=O)N[C@@H](CC(=O)O)C(=O)N[C@H](CO)C(N)=O. The number of carbonyl (C=O) groups is 6. The minimum atomic E-state index is -1.62. The van der Waals surface area contributed by atoms with Crippen LogP contribution in [-0.4, -0.2) is 89.5 Å². The number of primary amides is 1. The molecule has 33 heavy (non-hydrogen) atoms. The van der Waals surface area contributed by atoms with E-state index in [-0.39, 0.29) is 18.9 Å². The van der Waals surface area contributed by atoms with Gasteiger partial charge in [0.2, 0.25) is 29.5 Å². The highest BCUT2D eigenvalue weighted by molar-refractivity contribution is 5.95. The fourth-order valence-corrected chi connectivity index (χ4v) is 2.42. The standard InChI is InChI=1S/C17H30N8O8/c1-8(27)23-9(3-2-4-21-17(19)20)15(32)22-6-12(28)24-10(5-13(29)30)16(33)25-11(7-26)14(18)31/h9-11,26H,2-7H2,1H3,(H2,18,31)(H,22,32)(H,23,27)(H,24,28)(H,25,33)(H,29,30)(H4,19,20,21)/t9-,10-,11+/m0/s1. The summed E-state index contributed by atoms with van der Waals surface area (Å²) in [5.41, 5.74) is 15.4. The van der Waals surface area contributed by atoms with E-state index >= 15 is 0 Å². The average molecular weight is 474 g/mol. The van der Waals surface area contributed by atoms with E-state index in [2.05, 4.69) is 20.9 Å². The van der Waals surface area contributed by atoms with Crippen LogP contribution in [0.25, 0.3) is 0 Å². The molecule has 0 spiro atoms. The van der Waals surface area contributed by atoms with Gasteiger partial charge in [-0.2, -0.15) is 0 Å². The van der Waals surface area contributed by atoms with E-state index in [4.69, 9.17) is 27.4 Å². The molecule has 0 saturated heterocycles. The van der Waals surface area contributed by atoms with Crippen LogP contribution in [0.5, 0.6) is 0 Å². The second-order valence-corrected chi connectivity index (χ2v) is 6.78. The van der Waals surface area contributed by atoms with Crippen LogP contribution in [0.15, 0.2) is 4.99 Å². The maximum atomic E-state index is 12.3. The minimum absolute atomic E-state index is 0.131. The van der Waals surface area contributed by atoms with Crippen molar-refractivity contribution in [3.8, 4) is 0 Å². The van der Waals surface area contributed by atoms with Crippen LogP contribution in [0, 0.1) is 0 Å². The van der Waals surface area contributed by atoms with Crippen molar-refractivity contribution in [1.82, 2.24) is 21.3 Å². The van der Waals surface area contributed by atoms with Gasteiger partial charge in [0.15, 0.2) is 5.96 Å². The number of rotatable bonds is 15. The molecule has 0 aromatic rings. The van der Waals surface area contributed by atoms with Gasteiger partial charge in [0.25, 0.3) is 0 Å². The Bertz CT molecular complexity index is 768. The molecule has 0 aromatic carbocycles. The molecule has 0 radical (unpaired) electrons. The Balaban J connectivity index is 4.97. The Labute approximate surface area is 188 Å². The minimum Gasteiger partial charge on any atom is -0.481 e. The number of aliphatic hydroxyl groups excluding tert-OH is 1. The van der Waals surface area contributed by atoms with Crippen molar-refractivity contribution in [3.05, 3.63) is 0 Å². The fraction of sp³-hybridized carbons (Fsp3) is 0.588. The summed E-state index contributed by atoms with van der Waals surface area (Å²) in [5, 5.41) is 26.8. The number of nitrogens with zero attached hydrogens (tertiary/aromatic N) is 1. The molecule has 0 unspecified atom stereocenters. The van der Waals surface area contributed by atoms with Crippen LogP contribution in [-0.2, 0) is 28.8 Å². The van der Waals surface area contributed by atoms with E-state index in [9.17, 15) is 28.8 Å². The van der Waals surface area contributed by atoms with E-state index in [1.165, 1.54) is 6.92 Å². The Morgan fingerprint density at radius 1 is 0.909 bits per heavy atom. The number of amides is 5. The molecule has 0 aromatic heterocycles. The number of nitrogens with two attached hydrogens (primary N) is 3. The molecule has 186 valence electrons. The van der Waals surface area contributed by atoms with E-state index < -0.39 is 73.2 Å². The van der Waals surface area contributed by atoms with Crippen LogP contribution in [0.1, 0.15) is 26.2 Å². The van der Waals surface area contributed by atoms with Gasteiger partial charge in [-0.25, -0.2) is 0 Å². The van der Waals surface area contributed by atoms with Gasteiger partial charge < -0.3 is 48.7 Å². The van der Waals surface area contributed by atoms with Crippen molar-refractivity contribution < 1.29 is 39.0 Å². The number of aliphatic imine (C=N–C) groups is 1. The molecule has 0 saturated carbocycles. The van der Waals surface area contributed by atoms with Gasteiger partial charge in [-0.15, -0.1) is 0 Å². The Morgan fingerprint density at radius 3 is 2.03 bits per heavy atom. The average Bonchev–Trinajstić information content (AvgIpc) is 2.70. The first-order valence-corrected chi connectivity index (χ1v) is 9.69. The monoisotopic (exact) mass is 474 g/mol. The summed E-state index contributed by atoms with van der Waals surface area (Å²) in [6, 6.07) is -4.10. The second kappa shape index (κ2) is 15.0. The number of carboxylic acid groups (broad SMARTS) is 1. The van der Waals surface area contributed by atoms with Crippen molar-refractivity contribution in [2.24, 2.45) is 22.2 Å². The molecule has 0 bridgehead atoms. The number of nitrogens with one attached hydrogen (secondary N) is 4. The van der Waals surface area contributed by atoms with E-state index in [1.807, 2.05) is 5.32 Å². The normalized spacial score (nSPS) is 12.9. The van der Waals surface area contributed by atoms with Crippen LogP contribution in [0.3, 0.4) is 0 Å². The van der Waals surface area contributed by atoms with Crippen molar-refractivity contribution in [2.45, 2.75) is 44.3 Å². The number of carboxylic acids is 1. The number of carbonyl (C=O) groups excluding carboxylic acids is 5.